The van der Waals surface area contributed by atoms with E-state index in [1.165, 1.54) is 11.8 Å². The largest absolute Gasteiger partial charge is 0.300 e. The topological polar surface area (TPSA) is 41.1 Å². The van der Waals surface area contributed by atoms with Gasteiger partial charge in [0, 0.05) is 6.42 Å². The van der Waals surface area contributed by atoms with E-state index in [9.17, 15) is 4.79 Å². The van der Waals surface area contributed by atoms with Gasteiger partial charge in [-0.15, -0.1) is 0 Å². The van der Waals surface area contributed by atoms with Crippen molar-refractivity contribution in [2.24, 2.45) is 0 Å². The van der Waals surface area contributed by atoms with Gasteiger partial charge in [0.15, 0.2) is 4.32 Å². The number of hydrogen-bond donors (Lipinski definition) is 2. The normalized spacial score (nSPS) is 19.1. The Kier molecular flexibility index (Phi) is 4.39. The van der Waals surface area contributed by atoms with E-state index in [4.69, 9.17) is 12.2 Å². The number of hydrogen-bond acceptors (Lipinski definition) is 4. The summed E-state index contributed by atoms with van der Waals surface area (Å²) < 4.78 is 0.620. The highest BCUT2D eigenvalue weighted by atomic mass is 32.2. The van der Waals surface area contributed by atoms with Crippen LogP contribution in [0, 0.1) is 0 Å². The van der Waals surface area contributed by atoms with E-state index in [2.05, 4.69) is 10.9 Å². The second-order valence-electron chi connectivity index (χ2n) is 3.87. The molecule has 5 heteroatoms. The van der Waals surface area contributed by atoms with E-state index in [1.807, 2.05) is 30.3 Å². The Hall–Kier alpha value is -1.07. The van der Waals surface area contributed by atoms with E-state index < -0.39 is 0 Å². The molecule has 0 radical (unpaired) electrons. The molecule has 0 amide bonds. The lowest BCUT2D eigenvalue weighted by atomic mass is 10.3. The molecule has 0 heterocycles. The summed E-state index contributed by atoms with van der Waals surface area (Å²) in [7, 11) is 0. The molecule has 1 saturated carbocycles. The number of para-hydroxylation sites is 1. The summed E-state index contributed by atoms with van der Waals surface area (Å²) in [6.07, 6.45) is 2.63. The van der Waals surface area contributed by atoms with Crippen molar-refractivity contribution >= 4 is 39.8 Å². The zero-order valence-electron chi connectivity index (χ0n) is 9.31. The Bertz CT molecular complexity index is 408. The fourth-order valence-electron chi connectivity index (χ4n) is 1.71. The zero-order chi connectivity index (χ0) is 12.1. The van der Waals surface area contributed by atoms with Gasteiger partial charge in [0.25, 0.3) is 0 Å². The van der Waals surface area contributed by atoms with Crippen LogP contribution in [-0.2, 0) is 4.79 Å². The second-order valence-corrected chi connectivity index (χ2v) is 5.75. The molecule has 1 aliphatic rings. The number of nitrogens with one attached hydrogen (secondary N) is 2. The van der Waals surface area contributed by atoms with E-state index in [0.29, 0.717) is 16.5 Å². The van der Waals surface area contributed by atoms with Crippen molar-refractivity contribution in [1.82, 2.24) is 5.43 Å². The Labute approximate surface area is 110 Å². The van der Waals surface area contributed by atoms with Crippen LogP contribution >= 0.6 is 24.0 Å². The van der Waals surface area contributed by atoms with Crippen LogP contribution in [0.5, 0.6) is 0 Å². The minimum absolute atomic E-state index is 0.0487. The molecule has 1 atom stereocenters. The first-order valence-electron chi connectivity index (χ1n) is 5.56. The third-order valence-corrected chi connectivity index (χ3v) is 4.07. The van der Waals surface area contributed by atoms with E-state index >= 15 is 0 Å². The quantitative estimate of drug-likeness (QED) is 0.650. The summed E-state index contributed by atoms with van der Waals surface area (Å²) in [4.78, 5) is 11.5. The maximum atomic E-state index is 11.5. The number of carbonyl (C=O) groups is 1. The highest BCUT2D eigenvalue weighted by Gasteiger charge is 2.25. The van der Waals surface area contributed by atoms with Crippen molar-refractivity contribution in [3.8, 4) is 0 Å². The van der Waals surface area contributed by atoms with E-state index in [1.54, 1.807) is 0 Å². The lowest BCUT2D eigenvalue weighted by Gasteiger charge is -2.12. The van der Waals surface area contributed by atoms with Gasteiger partial charge in [-0.2, -0.15) is 0 Å². The Morgan fingerprint density at radius 2 is 2.12 bits per heavy atom. The molecule has 0 spiro atoms. The predicted molar refractivity (Wildman–Crippen MR) is 76.0 cm³/mol. The van der Waals surface area contributed by atoms with Crippen LogP contribution in [0.2, 0.25) is 0 Å². The highest BCUT2D eigenvalue weighted by molar-refractivity contribution is 8.23. The zero-order valence-corrected chi connectivity index (χ0v) is 10.9. The van der Waals surface area contributed by atoms with Gasteiger partial charge >= 0.3 is 0 Å². The number of ketones is 1. The molecule has 2 rings (SSSR count). The van der Waals surface area contributed by atoms with Crippen molar-refractivity contribution < 1.29 is 4.79 Å². The number of thiocarbonyl (C=S) groups is 1. The van der Waals surface area contributed by atoms with E-state index in [-0.39, 0.29) is 5.25 Å². The Morgan fingerprint density at radius 1 is 1.35 bits per heavy atom. The minimum Gasteiger partial charge on any atom is -0.300 e. The molecule has 1 aliphatic carbocycles. The second kappa shape index (κ2) is 6.02. The predicted octanol–water partition coefficient (Wildman–Crippen LogP) is 2.74. The van der Waals surface area contributed by atoms with Crippen LogP contribution in [0.15, 0.2) is 30.3 Å². The van der Waals surface area contributed by atoms with Crippen LogP contribution in [0.3, 0.4) is 0 Å². The summed E-state index contributed by atoms with van der Waals surface area (Å²) in [5.74, 6) is 0.318. The minimum atomic E-state index is 0.0487. The van der Waals surface area contributed by atoms with Gasteiger partial charge < -0.3 is 0 Å². The lowest BCUT2D eigenvalue weighted by molar-refractivity contribution is -0.116. The van der Waals surface area contributed by atoms with Crippen LogP contribution in [-0.4, -0.2) is 15.4 Å². The Balaban J connectivity index is 1.76. The van der Waals surface area contributed by atoms with Crippen LogP contribution < -0.4 is 10.9 Å². The average Bonchev–Trinajstić information content (AvgIpc) is 2.74. The fraction of sp³-hybridized carbons (Fsp3) is 0.333. The molecule has 1 aromatic rings. The molecular formula is C12H14N2OS2. The monoisotopic (exact) mass is 266 g/mol. The summed E-state index contributed by atoms with van der Waals surface area (Å²) in [6.45, 7) is 0. The maximum absolute atomic E-state index is 11.5. The molecule has 1 aromatic carbocycles. The molecule has 2 N–H and O–H groups in total. The molecule has 0 bridgehead atoms. The van der Waals surface area contributed by atoms with Gasteiger partial charge in [-0.25, -0.2) is 0 Å². The molecule has 90 valence electrons. The maximum Gasteiger partial charge on any atom is 0.152 e. The molecule has 1 unspecified atom stereocenters. The van der Waals surface area contributed by atoms with Crippen molar-refractivity contribution in [1.29, 1.82) is 0 Å². The van der Waals surface area contributed by atoms with Gasteiger partial charge in [0.2, 0.25) is 0 Å². The number of rotatable bonds is 3. The van der Waals surface area contributed by atoms with Gasteiger partial charge in [-0.3, -0.25) is 15.6 Å². The highest BCUT2D eigenvalue weighted by Crippen LogP contribution is 2.26. The first-order chi connectivity index (χ1) is 8.25. The first-order valence-corrected chi connectivity index (χ1v) is 6.85. The average molecular weight is 266 g/mol. The summed E-state index contributed by atoms with van der Waals surface area (Å²) in [6, 6.07) is 9.73. The molecule has 0 aromatic heterocycles. The van der Waals surface area contributed by atoms with Gasteiger partial charge in [0.1, 0.15) is 5.78 Å². The van der Waals surface area contributed by atoms with Crippen molar-refractivity contribution in [3.63, 3.8) is 0 Å². The SMILES string of the molecule is O=C1CCCC1SC(=S)NNc1ccccc1. The number of Topliss-reactive ketones (excluding diaryl/α,β-unsaturated/α-hetero) is 1. The van der Waals surface area contributed by atoms with Crippen molar-refractivity contribution in [2.45, 2.75) is 24.5 Å². The van der Waals surface area contributed by atoms with Gasteiger partial charge in [0.05, 0.1) is 10.9 Å². The standard InChI is InChI=1S/C12H14N2OS2/c15-10-7-4-8-11(10)17-12(16)14-13-9-5-2-1-3-6-9/h1-3,5-6,11,13H,4,7-8H2,(H,14,16). The van der Waals surface area contributed by atoms with Crippen LogP contribution in [0.25, 0.3) is 0 Å². The number of thioether (sulfide) groups is 1. The molecule has 1 fully saturated rings. The van der Waals surface area contributed by atoms with Crippen molar-refractivity contribution in [2.75, 3.05) is 5.43 Å². The third kappa shape index (κ3) is 3.71. The van der Waals surface area contributed by atoms with Crippen LogP contribution in [0.1, 0.15) is 19.3 Å². The van der Waals surface area contributed by atoms with Crippen molar-refractivity contribution in [3.05, 3.63) is 30.3 Å². The number of hydrazine groups is 1. The molecule has 17 heavy (non-hydrogen) atoms. The summed E-state index contributed by atoms with van der Waals surface area (Å²) in [5.41, 5.74) is 6.90. The third-order valence-electron chi connectivity index (χ3n) is 2.58. The smallest absolute Gasteiger partial charge is 0.152 e. The summed E-state index contributed by atoms with van der Waals surface area (Å²) in [5, 5.41) is 0.0487. The molecule has 0 saturated heterocycles. The Morgan fingerprint density at radius 3 is 2.76 bits per heavy atom. The van der Waals surface area contributed by atoms with E-state index in [0.717, 1.165) is 18.5 Å². The number of anilines is 1. The van der Waals surface area contributed by atoms with Crippen LogP contribution in [0.4, 0.5) is 5.69 Å². The fourth-order valence-corrected chi connectivity index (χ4v) is 3.01. The molecular weight excluding hydrogens is 252 g/mol. The first kappa shape index (κ1) is 12.4. The van der Waals surface area contributed by atoms with Gasteiger partial charge in [-0.05, 0) is 25.0 Å². The number of benzene rings is 1. The lowest BCUT2D eigenvalue weighted by Crippen LogP contribution is -2.27. The number of carbonyl (C=O) groups excluding carboxylic acids is 1. The summed E-state index contributed by atoms with van der Waals surface area (Å²) >= 11 is 6.62. The molecule has 0 aliphatic heterocycles. The van der Waals surface area contributed by atoms with Gasteiger partial charge in [-0.1, -0.05) is 42.2 Å². The molecule has 3 nitrogen and oxygen atoms in total.